The molecule has 1 fully saturated rings. The maximum atomic E-state index is 11.3. The Morgan fingerprint density at radius 1 is 1.30 bits per heavy atom. The third kappa shape index (κ3) is 3.66. The fourth-order valence-corrected chi connectivity index (χ4v) is 3.87. The normalized spacial score (nSPS) is 18.9. The van der Waals surface area contributed by atoms with Crippen molar-refractivity contribution in [3.05, 3.63) is 33.8 Å². The van der Waals surface area contributed by atoms with Crippen molar-refractivity contribution in [3.63, 3.8) is 0 Å². The highest BCUT2D eigenvalue weighted by molar-refractivity contribution is 6.35. The van der Waals surface area contributed by atoms with Gasteiger partial charge in [0.25, 0.3) is 0 Å². The zero-order chi connectivity index (χ0) is 14.8. The molecule has 1 aliphatic rings. The summed E-state index contributed by atoms with van der Waals surface area (Å²) in [6, 6.07) is 5.16. The van der Waals surface area contributed by atoms with Gasteiger partial charge in [-0.25, -0.2) is 0 Å². The van der Waals surface area contributed by atoms with Crippen LogP contribution >= 0.6 is 23.2 Å². The van der Waals surface area contributed by atoms with Gasteiger partial charge < -0.3 is 11.5 Å². The minimum Gasteiger partial charge on any atom is -0.370 e. The summed E-state index contributed by atoms with van der Waals surface area (Å²) in [6.07, 6.45) is 5.43. The van der Waals surface area contributed by atoms with Crippen LogP contribution in [0.1, 0.15) is 50.1 Å². The first-order valence-corrected chi connectivity index (χ1v) is 7.66. The molecule has 110 valence electrons. The first-order chi connectivity index (χ1) is 9.42. The van der Waals surface area contributed by atoms with Crippen LogP contribution in [0.2, 0.25) is 10.0 Å². The van der Waals surface area contributed by atoms with E-state index >= 15 is 0 Å². The Labute approximate surface area is 129 Å². The molecule has 5 heteroatoms. The second-order valence-electron chi connectivity index (χ2n) is 5.83. The van der Waals surface area contributed by atoms with E-state index < -0.39 is 0 Å². The lowest BCUT2D eigenvalue weighted by Crippen LogP contribution is -2.29. The summed E-state index contributed by atoms with van der Waals surface area (Å²) in [5.41, 5.74) is 12.5. The smallest absolute Gasteiger partial charge is 0.217 e. The average molecular weight is 315 g/mol. The molecule has 0 heterocycles. The van der Waals surface area contributed by atoms with Crippen LogP contribution in [0.3, 0.4) is 0 Å². The van der Waals surface area contributed by atoms with E-state index in [2.05, 4.69) is 0 Å². The molecular weight excluding hydrogens is 295 g/mol. The summed E-state index contributed by atoms with van der Waals surface area (Å²) in [4.78, 5) is 11.3. The highest BCUT2D eigenvalue weighted by Gasteiger charge is 2.37. The third-order valence-electron chi connectivity index (χ3n) is 4.23. The summed E-state index contributed by atoms with van der Waals surface area (Å²) >= 11 is 12.1. The number of primary amides is 1. The first kappa shape index (κ1) is 15.6. The zero-order valence-electron chi connectivity index (χ0n) is 11.4. The quantitative estimate of drug-likeness (QED) is 0.867. The molecule has 0 aliphatic heterocycles. The Morgan fingerprint density at radius 2 is 1.95 bits per heavy atom. The summed E-state index contributed by atoms with van der Waals surface area (Å²) in [7, 11) is 0. The van der Waals surface area contributed by atoms with Gasteiger partial charge in [-0.1, -0.05) is 42.1 Å². The number of nitrogens with two attached hydrogens (primary N) is 2. The number of hydrogen-bond donors (Lipinski definition) is 2. The molecule has 1 aromatic rings. The molecule has 1 aliphatic carbocycles. The predicted octanol–water partition coefficient (Wildman–Crippen LogP) is 3.82. The molecule has 2 rings (SSSR count). The van der Waals surface area contributed by atoms with E-state index in [-0.39, 0.29) is 17.4 Å². The van der Waals surface area contributed by atoms with Crippen molar-refractivity contribution in [2.24, 2.45) is 16.9 Å². The van der Waals surface area contributed by atoms with Crippen LogP contribution in [-0.2, 0) is 4.79 Å². The Kier molecular flexibility index (Phi) is 4.95. The molecule has 3 nitrogen and oxygen atoms in total. The van der Waals surface area contributed by atoms with Gasteiger partial charge in [0.05, 0.1) is 0 Å². The van der Waals surface area contributed by atoms with Crippen LogP contribution in [0.4, 0.5) is 0 Å². The van der Waals surface area contributed by atoms with Crippen molar-refractivity contribution >= 4 is 29.1 Å². The highest BCUT2D eigenvalue weighted by atomic mass is 35.5. The van der Waals surface area contributed by atoms with Crippen LogP contribution in [0.15, 0.2) is 18.2 Å². The van der Waals surface area contributed by atoms with E-state index in [1.54, 1.807) is 12.1 Å². The Hall–Kier alpha value is -0.770. The lowest BCUT2D eigenvalue weighted by Gasteiger charge is -2.31. The molecule has 0 radical (unpaired) electrons. The topological polar surface area (TPSA) is 69.1 Å². The minimum absolute atomic E-state index is 0.0613. The van der Waals surface area contributed by atoms with Crippen LogP contribution in [0.5, 0.6) is 0 Å². The van der Waals surface area contributed by atoms with Crippen LogP contribution in [0.25, 0.3) is 0 Å². The van der Waals surface area contributed by atoms with Gasteiger partial charge in [-0.15, -0.1) is 0 Å². The van der Waals surface area contributed by atoms with Gasteiger partial charge in [0.15, 0.2) is 0 Å². The largest absolute Gasteiger partial charge is 0.370 e. The number of rotatable bonds is 5. The van der Waals surface area contributed by atoms with Crippen LogP contribution < -0.4 is 11.5 Å². The van der Waals surface area contributed by atoms with E-state index in [1.165, 1.54) is 0 Å². The summed E-state index contributed by atoms with van der Waals surface area (Å²) in [5.74, 6) is -0.249. The standard InChI is InChI=1S/C15H20Cl2N2O/c16-10-3-4-11(12(17)7-10)13(18)8-15(9-14(19)20)5-1-2-6-15/h3-4,7,13H,1-2,5-6,8-9,18H2,(H2,19,20). The Balaban J connectivity index is 2.16. The highest BCUT2D eigenvalue weighted by Crippen LogP contribution is 2.47. The summed E-state index contributed by atoms with van der Waals surface area (Å²) in [6.45, 7) is 0. The Bertz CT molecular complexity index is 499. The van der Waals surface area contributed by atoms with Crippen molar-refractivity contribution in [2.45, 2.75) is 44.6 Å². The Morgan fingerprint density at radius 3 is 2.50 bits per heavy atom. The van der Waals surface area contributed by atoms with E-state index in [0.717, 1.165) is 37.7 Å². The minimum atomic E-state index is -0.249. The van der Waals surface area contributed by atoms with Crippen molar-refractivity contribution in [1.82, 2.24) is 0 Å². The SMILES string of the molecule is NC(=O)CC1(CC(N)c2ccc(Cl)cc2Cl)CCCC1. The zero-order valence-corrected chi connectivity index (χ0v) is 12.9. The van der Waals surface area contributed by atoms with E-state index in [4.69, 9.17) is 34.7 Å². The maximum Gasteiger partial charge on any atom is 0.217 e. The molecule has 0 bridgehead atoms. The number of hydrogen-bond acceptors (Lipinski definition) is 2. The third-order valence-corrected chi connectivity index (χ3v) is 4.79. The van der Waals surface area contributed by atoms with Crippen LogP contribution in [0, 0.1) is 5.41 Å². The monoisotopic (exact) mass is 314 g/mol. The predicted molar refractivity (Wildman–Crippen MR) is 82.7 cm³/mol. The fourth-order valence-electron chi connectivity index (χ4n) is 3.33. The lowest BCUT2D eigenvalue weighted by atomic mass is 9.76. The second-order valence-corrected chi connectivity index (χ2v) is 6.67. The number of carbonyl (C=O) groups excluding carboxylic acids is 1. The number of benzene rings is 1. The number of halogens is 2. The van der Waals surface area contributed by atoms with E-state index in [1.807, 2.05) is 6.07 Å². The van der Waals surface area contributed by atoms with Gasteiger partial charge in [0, 0.05) is 22.5 Å². The molecule has 4 N–H and O–H groups in total. The van der Waals surface area contributed by atoms with Crippen molar-refractivity contribution < 1.29 is 4.79 Å². The molecule has 0 saturated heterocycles. The molecule has 1 unspecified atom stereocenters. The van der Waals surface area contributed by atoms with Gasteiger partial charge in [0.1, 0.15) is 0 Å². The fraction of sp³-hybridized carbons (Fsp3) is 0.533. The average Bonchev–Trinajstić information content (AvgIpc) is 2.75. The second kappa shape index (κ2) is 6.33. The molecule has 1 aromatic carbocycles. The molecule has 0 aromatic heterocycles. The molecular formula is C15H20Cl2N2O. The first-order valence-electron chi connectivity index (χ1n) is 6.91. The van der Waals surface area contributed by atoms with Crippen LogP contribution in [-0.4, -0.2) is 5.91 Å². The lowest BCUT2D eigenvalue weighted by molar-refractivity contribution is -0.120. The number of carbonyl (C=O) groups is 1. The molecule has 20 heavy (non-hydrogen) atoms. The summed E-state index contributed by atoms with van der Waals surface area (Å²) < 4.78 is 0. The molecule has 1 saturated carbocycles. The van der Waals surface area contributed by atoms with Gasteiger partial charge in [-0.2, -0.15) is 0 Å². The van der Waals surface area contributed by atoms with Crippen molar-refractivity contribution in [1.29, 1.82) is 0 Å². The van der Waals surface area contributed by atoms with Gasteiger partial charge in [0.2, 0.25) is 5.91 Å². The molecule has 1 atom stereocenters. The van der Waals surface area contributed by atoms with Gasteiger partial charge in [-0.3, -0.25) is 4.79 Å². The van der Waals surface area contributed by atoms with Crippen molar-refractivity contribution in [3.8, 4) is 0 Å². The molecule has 0 spiro atoms. The van der Waals surface area contributed by atoms with E-state index in [0.29, 0.717) is 16.5 Å². The molecule has 1 amide bonds. The summed E-state index contributed by atoms with van der Waals surface area (Å²) in [5, 5.41) is 1.18. The van der Waals surface area contributed by atoms with Gasteiger partial charge in [-0.05, 0) is 42.4 Å². The van der Waals surface area contributed by atoms with Crippen molar-refractivity contribution in [2.75, 3.05) is 0 Å². The van der Waals surface area contributed by atoms with E-state index in [9.17, 15) is 4.79 Å². The maximum absolute atomic E-state index is 11.3. The number of amides is 1. The van der Waals surface area contributed by atoms with Gasteiger partial charge >= 0.3 is 0 Å².